The van der Waals surface area contributed by atoms with E-state index in [0.29, 0.717) is 0 Å². The molecule has 1 aliphatic heterocycles. The van der Waals surface area contributed by atoms with Crippen LogP contribution < -0.4 is 0 Å². The molecule has 2 atom stereocenters. The van der Waals surface area contributed by atoms with Gasteiger partial charge in [0, 0.05) is 6.42 Å². The highest BCUT2D eigenvalue weighted by atomic mass is 16.6. The van der Waals surface area contributed by atoms with Gasteiger partial charge in [0.15, 0.2) is 5.60 Å². The number of rotatable bonds is 5. The van der Waals surface area contributed by atoms with E-state index < -0.39 is 40.9 Å². The molecule has 1 N–H and O–H groups in total. The zero-order valence-corrected chi connectivity index (χ0v) is 18.4. The van der Waals surface area contributed by atoms with E-state index in [4.69, 9.17) is 14.2 Å². The van der Waals surface area contributed by atoms with Crippen LogP contribution in [-0.4, -0.2) is 57.4 Å². The Morgan fingerprint density at radius 3 is 2.10 bits per heavy atom. The highest BCUT2D eigenvalue weighted by Crippen LogP contribution is 2.34. The van der Waals surface area contributed by atoms with Gasteiger partial charge in [-0.15, -0.1) is 0 Å². The molecule has 0 unspecified atom stereocenters. The number of benzene rings is 1. The van der Waals surface area contributed by atoms with Crippen molar-refractivity contribution in [3.63, 3.8) is 0 Å². The Labute approximate surface area is 177 Å². The van der Waals surface area contributed by atoms with Crippen molar-refractivity contribution in [2.45, 2.75) is 77.4 Å². The van der Waals surface area contributed by atoms with Crippen LogP contribution in [0.3, 0.4) is 0 Å². The van der Waals surface area contributed by atoms with Gasteiger partial charge in [0.1, 0.15) is 17.2 Å². The molecule has 0 saturated carbocycles. The minimum atomic E-state index is -1.76. The van der Waals surface area contributed by atoms with Gasteiger partial charge < -0.3 is 19.3 Å². The van der Waals surface area contributed by atoms with E-state index in [0.717, 1.165) is 10.5 Å². The molecule has 1 aliphatic rings. The number of carboxylic acids is 1. The molecule has 0 aliphatic carbocycles. The maximum atomic E-state index is 12.8. The van der Waals surface area contributed by atoms with Crippen molar-refractivity contribution >= 4 is 18.0 Å². The Kier molecular flexibility index (Phi) is 6.81. The molecule has 30 heavy (non-hydrogen) atoms. The number of likely N-dealkylation sites (tertiary alicyclic amines) is 1. The number of hydrogen-bond acceptors (Lipinski definition) is 6. The number of carbonyl (C=O) groups is 3. The maximum absolute atomic E-state index is 12.8. The summed E-state index contributed by atoms with van der Waals surface area (Å²) in [5, 5.41) is 9.95. The Hall–Kier alpha value is -2.61. The second-order valence-electron chi connectivity index (χ2n) is 9.44. The fourth-order valence-electron chi connectivity index (χ4n) is 3.08. The molecule has 2 rings (SSSR count). The predicted octanol–water partition coefficient (Wildman–Crippen LogP) is 3.38. The van der Waals surface area contributed by atoms with E-state index in [1.165, 1.54) is 0 Å². The van der Waals surface area contributed by atoms with Crippen molar-refractivity contribution in [3.8, 4) is 0 Å². The van der Waals surface area contributed by atoms with E-state index >= 15 is 0 Å². The first-order valence-corrected chi connectivity index (χ1v) is 9.86. The van der Waals surface area contributed by atoms with Gasteiger partial charge in [0.2, 0.25) is 0 Å². The van der Waals surface area contributed by atoms with Crippen molar-refractivity contribution in [2.75, 3.05) is 6.54 Å². The first-order chi connectivity index (χ1) is 13.7. The number of amides is 1. The summed E-state index contributed by atoms with van der Waals surface area (Å²) in [6.07, 6.45) is -1.02. The Morgan fingerprint density at radius 1 is 1.03 bits per heavy atom. The molecule has 0 radical (unpaired) electrons. The number of esters is 1. The molecule has 1 aromatic rings. The van der Waals surface area contributed by atoms with E-state index in [-0.39, 0.29) is 19.6 Å². The second kappa shape index (κ2) is 8.63. The van der Waals surface area contributed by atoms with Crippen LogP contribution in [0.1, 0.15) is 53.5 Å². The number of ether oxygens (including phenoxy) is 3. The molecule has 0 spiro atoms. The van der Waals surface area contributed by atoms with Gasteiger partial charge in [-0.1, -0.05) is 30.3 Å². The summed E-state index contributed by atoms with van der Waals surface area (Å²) in [7, 11) is 0. The van der Waals surface area contributed by atoms with Crippen molar-refractivity contribution in [1.29, 1.82) is 0 Å². The fraction of sp³-hybridized carbons (Fsp3) is 0.591. The van der Waals surface area contributed by atoms with Gasteiger partial charge in [-0.2, -0.15) is 0 Å². The molecule has 0 aromatic heterocycles. The SMILES string of the molecule is CC(C)(C)OC(=O)[C@@H]1C[C@](OCc2ccccc2)(C(=O)O)CN1C(=O)OC(C)(C)C. The highest BCUT2D eigenvalue weighted by molar-refractivity contribution is 5.87. The molecule has 1 heterocycles. The van der Waals surface area contributed by atoms with Gasteiger partial charge >= 0.3 is 18.0 Å². The third-order valence-electron chi connectivity index (χ3n) is 4.38. The Balaban J connectivity index is 2.31. The molecule has 8 heteroatoms. The molecule has 8 nitrogen and oxygen atoms in total. The molecule has 1 aromatic carbocycles. The normalized spacial score (nSPS) is 21.9. The predicted molar refractivity (Wildman–Crippen MR) is 109 cm³/mol. The summed E-state index contributed by atoms with van der Waals surface area (Å²) in [5.74, 6) is -1.95. The molecular weight excluding hydrogens is 390 g/mol. The van der Waals surface area contributed by atoms with Gasteiger partial charge in [0.05, 0.1) is 13.2 Å². The monoisotopic (exact) mass is 421 g/mol. The molecule has 0 bridgehead atoms. The molecular formula is C22H31NO7. The van der Waals surface area contributed by atoms with Crippen molar-refractivity contribution in [1.82, 2.24) is 4.90 Å². The molecule has 166 valence electrons. The first kappa shape index (κ1) is 23.7. The van der Waals surface area contributed by atoms with Crippen molar-refractivity contribution < 1.29 is 33.7 Å². The average molecular weight is 421 g/mol. The largest absolute Gasteiger partial charge is 0.479 e. The van der Waals surface area contributed by atoms with Crippen LogP contribution in [0.5, 0.6) is 0 Å². The lowest BCUT2D eigenvalue weighted by atomic mass is 9.99. The highest BCUT2D eigenvalue weighted by Gasteiger charge is 2.56. The van der Waals surface area contributed by atoms with Gasteiger partial charge in [-0.25, -0.2) is 14.4 Å². The number of carbonyl (C=O) groups excluding carboxylic acids is 2. The summed E-state index contributed by atoms with van der Waals surface area (Å²) >= 11 is 0. The third-order valence-corrected chi connectivity index (χ3v) is 4.38. The van der Waals surface area contributed by atoms with Crippen LogP contribution in [0.25, 0.3) is 0 Å². The standard InChI is InChI=1S/C22H31NO7/c1-20(2,3)29-17(24)16-12-22(18(25)26,28-13-15-10-8-7-9-11-15)14-23(16)19(27)30-21(4,5)6/h7-11,16H,12-14H2,1-6H3,(H,25,26)/t16-,22+/m0/s1. The van der Waals surface area contributed by atoms with Crippen molar-refractivity contribution in [3.05, 3.63) is 35.9 Å². The van der Waals surface area contributed by atoms with Gasteiger partial charge in [-0.05, 0) is 47.1 Å². The summed E-state index contributed by atoms with van der Waals surface area (Å²) in [5.41, 5.74) is -2.58. The lowest BCUT2D eigenvalue weighted by molar-refractivity contribution is -0.166. The van der Waals surface area contributed by atoms with Crippen LogP contribution >= 0.6 is 0 Å². The zero-order chi connectivity index (χ0) is 22.7. The number of hydrogen-bond donors (Lipinski definition) is 1. The van der Waals surface area contributed by atoms with Crippen LogP contribution in [0.15, 0.2) is 30.3 Å². The average Bonchev–Trinajstić information content (AvgIpc) is 3.00. The quantitative estimate of drug-likeness (QED) is 0.727. The summed E-state index contributed by atoms with van der Waals surface area (Å²) in [4.78, 5) is 38.9. The van der Waals surface area contributed by atoms with E-state index in [2.05, 4.69) is 0 Å². The lowest BCUT2D eigenvalue weighted by Crippen LogP contribution is -2.47. The van der Waals surface area contributed by atoms with E-state index in [1.54, 1.807) is 41.5 Å². The van der Waals surface area contributed by atoms with Crippen LogP contribution in [0.4, 0.5) is 4.79 Å². The lowest BCUT2D eigenvalue weighted by Gasteiger charge is -2.29. The summed E-state index contributed by atoms with van der Waals surface area (Å²) in [6, 6.07) is 7.96. The molecule has 1 amide bonds. The summed E-state index contributed by atoms with van der Waals surface area (Å²) < 4.78 is 16.6. The molecule has 1 saturated heterocycles. The third kappa shape index (κ3) is 6.19. The van der Waals surface area contributed by atoms with Gasteiger partial charge in [0.25, 0.3) is 0 Å². The second-order valence-corrected chi connectivity index (χ2v) is 9.44. The summed E-state index contributed by atoms with van der Waals surface area (Å²) in [6.45, 7) is 9.89. The smallest absolute Gasteiger partial charge is 0.411 e. The Bertz CT molecular complexity index is 741. The van der Waals surface area contributed by atoms with E-state index in [9.17, 15) is 19.5 Å². The zero-order valence-electron chi connectivity index (χ0n) is 18.4. The minimum Gasteiger partial charge on any atom is -0.479 e. The van der Waals surface area contributed by atoms with E-state index in [1.807, 2.05) is 30.3 Å². The number of nitrogens with zero attached hydrogens (tertiary/aromatic N) is 1. The molecule has 1 fully saturated rings. The van der Waals surface area contributed by atoms with Gasteiger partial charge in [-0.3, -0.25) is 4.90 Å². The van der Waals surface area contributed by atoms with Crippen molar-refractivity contribution in [2.24, 2.45) is 0 Å². The van der Waals surface area contributed by atoms with Crippen LogP contribution in [-0.2, 0) is 30.4 Å². The minimum absolute atomic E-state index is 0.0241. The number of aliphatic carboxylic acids is 1. The van der Waals surface area contributed by atoms with Crippen LogP contribution in [0.2, 0.25) is 0 Å². The van der Waals surface area contributed by atoms with Crippen LogP contribution in [0, 0.1) is 0 Å². The fourth-order valence-corrected chi connectivity index (χ4v) is 3.08. The number of carboxylic acid groups (broad SMARTS) is 1. The topological polar surface area (TPSA) is 102 Å². The Morgan fingerprint density at radius 2 is 1.60 bits per heavy atom. The first-order valence-electron chi connectivity index (χ1n) is 9.86. The maximum Gasteiger partial charge on any atom is 0.411 e.